The smallest absolute Gasteiger partial charge is 0.292 e. The molecule has 2 rings (SSSR count). The van der Waals surface area contributed by atoms with Crippen LogP contribution in [0.25, 0.3) is 0 Å². The Labute approximate surface area is 113 Å². The van der Waals surface area contributed by atoms with E-state index in [0.717, 1.165) is 31.1 Å². The van der Waals surface area contributed by atoms with Crippen molar-refractivity contribution >= 4 is 11.4 Å². The number of benzene rings is 1. The molecule has 0 aromatic heterocycles. The third-order valence-corrected chi connectivity index (χ3v) is 3.88. The molecule has 1 aliphatic carbocycles. The molecule has 1 aliphatic rings. The molecule has 0 radical (unpaired) electrons. The van der Waals surface area contributed by atoms with Crippen LogP contribution >= 0.6 is 0 Å². The van der Waals surface area contributed by atoms with Gasteiger partial charge in [0.05, 0.1) is 4.92 Å². The number of nitro benzene ring substituents is 1. The highest BCUT2D eigenvalue weighted by atomic mass is 16.6. The van der Waals surface area contributed by atoms with E-state index in [0.29, 0.717) is 0 Å². The molecule has 0 unspecified atom stereocenters. The zero-order valence-corrected chi connectivity index (χ0v) is 11.3. The van der Waals surface area contributed by atoms with Crippen LogP contribution in [0.3, 0.4) is 0 Å². The van der Waals surface area contributed by atoms with Crippen LogP contribution in [-0.2, 0) is 6.54 Å². The number of anilines is 1. The summed E-state index contributed by atoms with van der Waals surface area (Å²) in [7, 11) is 0. The van der Waals surface area contributed by atoms with Gasteiger partial charge in [-0.1, -0.05) is 19.4 Å². The molecule has 0 spiro atoms. The van der Waals surface area contributed by atoms with Gasteiger partial charge < -0.3 is 5.73 Å². The molecule has 5 heteroatoms. The maximum absolute atomic E-state index is 10.7. The molecule has 0 saturated heterocycles. The number of nitro groups is 1. The summed E-state index contributed by atoms with van der Waals surface area (Å²) in [4.78, 5) is 12.7. The van der Waals surface area contributed by atoms with E-state index in [-0.39, 0.29) is 11.4 Å². The zero-order chi connectivity index (χ0) is 13.8. The van der Waals surface area contributed by atoms with Gasteiger partial charge in [-0.2, -0.15) is 0 Å². The molecule has 5 nitrogen and oxygen atoms in total. The van der Waals surface area contributed by atoms with Crippen molar-refractivity contribution in [2.24, 2.45) is 5.92 Å². The summed E-state index contributed by atoms with van der Waals surface area (Å²) in [6.07, 6.45) is 4.02. The van der Waals surface area contributed by atoms with Crippen molar-refractivity contribution in [3.63, 3.8) is 0 Å². The quantitative estimate of drug-likeness (QED) is 0.486. The van der Waals surface area contributed by atoms with E-state index in [1.54, 1.807) is 12.1 Å². The first kappa shape index (κ1) is 13.8. The normalized spacial score (nSPS) is 15.5. The molecule has 0 amide bonds. The van der Waals surface area contributed by atoms with Crippen LogP contribution < -0.4 is 5.73 Å². The van der Waals surface area contributed by atoms with Crippen molar-refractivity contribution in [1.82, 2.24) is 4.90 Å². The highest BCUT2D eigenvalue weighted by molar-refractivity contribution is 5.59. The maximum Gasteiger partial charge on any atom is 0.292 e. The fourth-order valence-corrected chi connectivity index (χ4v) is 2.47. The van der Waals surface area contributed by atoms with E-state index in [4.69, 9.17) is 5.73 Å². The third kappa shape index (κ3) is 3.44. The Bertz CT molecular complexity index is 458. The van der Waals surface area contributed by atoms with Crippen molar-refractivity contribution in [2.45, 2.75) is 32.7 Å². The van der Waals surface area contributed by atoms with Gasteiger partial charge in [-0.25, -0.2) is 0 Å². The molecule has 1 saturated carbocycles. The van der Waals surface area contributed by atoms with Crippen LogP contribution in [0.2, 0.25) is 0 Å². The van der Waals surface area contributed by atoms with Crippen molar-refractivity contribution in [3.05, 3.63) is 33.9 Å². The molecule has 1 fully saturated rings. The number of hydrogen-bond acceptors (Lipinski definition) is 4. The lowest BCUT2D eigenvalue weighted by molar-refractivity contribution is -0.383. The van der Waals surface area contributed by atoms with Gasteiger partial charge in [0.1, 0.15) is 5.69 Å². The van der Waals surface area contributed by atoms with E-state index in [1.165, 1.54) is 25.3 Å². The molecular formula is C14H21N3O2. The molecule has 0 heterocycles. The summed E-state index contributed by atoms with van der Waals surface area (Å²) in [5, 5.41) is 10.7. The monoisotopic (exact) mass is 263 g/mol. The fourth-order valence-electron chi connectivity index (χ4n) is 2.47. The van der Waals surface area contributed by atoms with Crippen LogP contribution in [-0.4, -0.2) is 22.9 Å². The maximum atomic E-state index is 10.7. The number of nitrogen functional groups attached to an aromatic ring is 1. The first-order chi connectivity index (χ1) is 9.10. The Morgan fingerprint density at radius 2 is 2.21 bits per heavy atom. The van der Waals surface area contributed by atoms with E-state index in [9.17, 15) is 10.1 Å². The summed E-state index contributed by atoms with van der Waals surface area (Å²) >= 11 is 0. The lowest BCUT2D eigenvalue weighted by atomic mass is 9.85. The first-order valence-corrected chi connectivity index (χ1v) is 6.85. The highest BCUT2D eigenvalue weighted by Gasteiger charge is 2.20. The van der Waals surface area contributed by atoms with Crippen molar-refractivity contribution in [1.29, 1.82) is 0 Å². The van der Waals surface area contributed by atoms with E-state index < -0.39 is 4.92 Å². The molecule has 0 aliphatic heterocycles. The molecule has 0 bridgehead atoms. The molecule has 104 valence electrons. The van der Waals surface area contributed by atoms with Gasteiger partial charge in [0.15, 0.2) is 0 Å². The van der Waals surface area contributed by atoms with Crippen LogP contribution in [0.5, 0.6) is 0 Å². The number of rotatable bonds is 6. The Morgan fingerprint density at radius 1 is 1.47 bits per heavy atom. The summed E-state index contributed by atoms with van der Waals surface area (Å²) in [6, 6.07) is 5.03. The number of nitrogens with two attached hydrogens (primary N) is 1. The molecule has 1 aromatic carbocycles. The summed E-state index contributed by atoms with van der Waals surface area (Å²) < 4.78 is 0. The minimum absolute atomic E-state index is 0.00853. The van der Waals surface area contributed by atoms with E-state index in [2.05, 4.69) is 11.8 Å². The SMILES string of the molecule is CCN(Cc1ccc([N+](=O)[O-])c(N)c1)CC1CCC1. The minimum Gasteiger partial charge on any atom is -0.393 e. The highest BCUT2D eigenvalue weighted by Crippen LogP contribution is 2.28. The van der Waals surface area contributed by atoms with Gasteiger partial charge >= 0.3 is 0 Å². The molecule has 2 N–H and O–H groups in total. The average Bonchev–Trinajstić information content (AvgIpc) is 2.31. The van der Waals surface area contributed by atoms with Gasteiger partial charge in [0.2, 0.25) is 0 Å². The fraction of sp³-hybridized carbons (Fsp3) is 0.571. The molecule has 0 atom stereocenters. The molecule has 19 heavy (non-hydrogen) atoms. The van der Waals surface area contributed by atoms with Crippen LogP contribution in [0.1, 0.15) is 31.7 Å². The lowest BCUT2D eigenvalue weighted by Crippen LogP contribution is -2.32. The summed E-state index contributed by atoms with van der Waals surface area (Å²) in [5.41, 5.74) is 7.01. The second-order valence-corrected chi connectivity index (χ2v) is 5.27. The topological polar surface area (TPSA) is 72.4 Å². The first-order valence-electron chi connectivity index (χ1n) is 6.85. The Morgan fingerprint density at radius 3 is 2.68 bits per heavy atom. The van der Waals surface area contributed by atoms with Crippen LogP contribution in [0.4, 0.5) is 11.4 Å². The van der Waals surface area contributed by atoms with E-state index in [1.807, 2.05) is 0 Å². The minimum atomic E-state index is -0.439. The lowest BCUT2D eigenvalue weighted by Gasteiger charge is -2.31. The average molecular weight is 263 g/mol. The van der Waals surface area contributed by atoms with Gasteiger partial charge in [0.25, 0.3) is 5.69 Å². The number of nitrogens with zero attached hydrogens (tertiary/aromatic N) is 2. The predicted molar refractivity (Wildman–Crippen MR) is 75.8 cm³/mol. The van der Waals surface area contributed by atoms with Gasteiger partial charge in [-0.3, -0.25) is 15.0 Å². The second-order valence-electron chi connectivity index (χ2n) is 5.27. The van der Waals surface area contributed by atoms with Crippen molar-refractivity contribution in [3.8, 4) is 0 Å². The largest absolute Gasteiger partial charge is 0.393 e. The Kier molecular flexibility index (Phi) is 4.37. The van der Waals surface area contributed by atoms with Crippen molar-refractivity contribution in [2.75, 3.05) is 18.8 Å². The zero-order valence-electron chi connectivity index (χ0n) is 11.3. The Hall–Kier alpha value is -1.62. The predicted octanol–water partition coefficient (Wildman–Crippen LogP) is 2.80. The molecular weight excluding hydrogens is 242 g/mol. The van der Waals surface area contributed by atoms with Gasteiger partial charge in [0, 0.05) is 19.2 Å². The van der Waals surface area contributed by atoms with Crippen molar-refractivity contribution < 1.29 is 4.92 Å². The number of hydrogen-bond donors (Lipinski definition) is 1. The van der Waals surface area contributed by atoms with Crippen LogP contribution in [0, 0.1) is 16.0 Å². The van der Waals surface area contributed by atoms with Gasteiger partial charge in [-0.05, 0) is 36.9 Å². The summed E-state index contributed by atoms with van der Waals surface area (Å²) in [5.74, 6) is 0.829. The standard InChI is InChI=1S/C14H21N3O2/c1-2-16(9-11-4-3-5-11)10-12-6-7-14(17(18)19)13(15)8-12/h6-8,11H,2-5,9-10,15H2,1H3. The molecule has 1 aromatic rings. The summed E-state index contributed by atoms with van der Waals surface area (Å²) in [6.45, 7) is 5.07. The van der Waals surface area contributed by atoms with Crippen LogP contribution in [0.15, 0.2) is 18.2 Å². The third-order valence-electron chi connectivity index (χ3n) is 3.88. The second kappa shape index (κ2) is 6.02. The Balaban J connectivity index is 2.00. The van der Waals surface area contributed by atoms with E-state index >= 15 is 0 Å². The van der Waals surface area contributed by atoms with Gasteiger partial charge in [-0.15, -0.1) is 0 Å².